The molecule has 190 valence electrons. The van der Waals surface area contributed by atoms with Gasteiger partial charge in [-0.25, -0.2) is 4.98 Å². The van der Waals surface area contributed by atoms with Crippen molar-refractivity contribution in [3.05, 3.63) is 65.9 Å². The molecule has 1 aliphatic carbocycles. The molecule has 1 amide bonds. The standard InChI is InChI=1S/C27H29F3N4O2/c28-27(29,30)25-17-24(22-6-1-2-7-23(22)33-25)31-19-4-3-5-20(16-19)32-26(35)18-8-10-21(11-9-18)34-12-14-36-15-13-34/h1-2,6-11,17,19-20H,3-5,12-16H2,(H,31,33)(H,32,35)/t19-,20+/m0/s1. The molecule has 2 heterocycles. The number of nitrogens with one attached hydrogen (secondary N) is 2. The number of amides is 1. The Hall–Kier alpha value is -3.33. The van der Waals surface area contributed by atoms with Gasteiger partial charge in [-0.3, -0.25) is 4.79 Å². The summed E-state index contributed by atoms with van der Waals surface area (Å²) < 4.78 is 45.7. The Morgan fingerprint density at radius 3 is 2.47 bits per heavy atom. The molecular formula is C27H29F3N4O2. The van der Waals surface area contributed by atoms with E-state index in [1.54, 1.807) is 24.3 Å². The highest BCUT2D eigenvalue weighted by atomic mass is 19.4. The normalized spacial score (nSPS) is 20.8. The van der Waals surface area contributed by atoms with E-state index in [1.807, 2.05) is 24.3 Å². The molecule has 0 spiro atoms. The first-order valence-electron chi connectivity index (χ1n) is 12.3. The fraction of sp³-hybridized carbons (Fsp3) is 0.407. The van der Waals surface area contributed by atoms with Gasteiger partial charge in [0.15, 0.2) is 0 Å². The summed E-state index contributed by atoms with van der Waals surface area (Å²) in [6.07, 6.45) is -1.37. The summed E-state index contributed by atoms with van der Waals surface area (Å²) in [5.41, 5.74) is 1.47. The number of aromatic nitrogens is 1. The molecule has 0 bridgehead atoms. The second kappa shape index (κ2) is 10.3. The number of halogens is 3. The van der Waals surface area contributed by atoms with Gasteiger partial charge in [-0.05, 0) is 62.1 Å². The fourth-order valence-electron chi connectivity index (χ4n) is 5.03. The Balaban J connectivity index is 1.24. The maximum Gasteiger partial charge on any atom is 0.433 e. The molecule has 0 radical (unpaired) electrons. The van der Waals surface area contributed by atoms with E-state index in [9.17, 15) is 18.0 Å². The average molecular weight is 499 g/mol. The van der Waals surface area contributed by atoms with Crippen LogP contribution in [0.15, 0.2) is 54.6 Å². The van der Waals surface area contributed by atoms with Gasteiger partial charge in [-0.1, -0.05) is 18.2 Å². The van der Waals surface area contributed by atoms with Crippen molar-refractivity contribution in [2.75, 3.05) is 36.5 Å². The zero-order valence-corrected chi connectivity index (χ0v) is 19.9. The molecule has 1 saturated heterocycles. The van der Waals surface area contributed by atoms with Crippen LogP contribution in [0.1, 0.15) is 41.7 Å². The van der Waals surface area contributed by atoms with E-state index in [-0.39, 0.29) is 18.0 Å². The Morgan fingerprint density at radius 1 is 1.00 bits per heavy atom. The van der Waals surface area contributed by atoms with Gasteiger partial charge in [-0.15, -0.1) is 0 Å². The number of hydrogen-bond donors (Lipinski definition) is 2. The monoisotopic (exact) mass is 498 g/mol. The van der Waals surface area contributed by atoms with E-state index in [4.69, 9.17) is 4.74 Å². The van der Waals surface area contributed by atoms with Crippen molar-refractivity contribution in [2.45, 2.75) is 43.9 Å². The van der Waals surface area contributed by atoms with E-state index in [0.717, 1.165) is 44.1 Å². The summed E-state index contributed by atoms with van der Waals surface area (Å²) in [6, 6.07) is 15.4. The number of morpholine rings is 1. The van der Waals surface area contributed by atoms with Crippen LogP contribution in [0.2, 0.25) is 0 Å². The number of para-hydroxylation sites is 1. The van der Waals surface area contributed by atoms with Crippen molar-refractivity contribution < 1.29 is 22.7 Å². The second-order valence-corrected chi connectivity index (χ2v) is 9.39. The average Bonchev–Trinajstić information content (AvgIpc) is 2.89. The van der Waals surface area contributed by atoms with E-state index in [2.05, 4.69) is 20.5 Å². The molecule has 6 nitrogen and oxygen atoms in total. The molecule has 3 aromatic rings. The van der Waals surface area contributed by atoms with E-state index < -0.39 is 11.9 Å². The first-order valence-corrected chi connectivity index (χ1v) is 12.3. The largest absolute Gasteiger partial charge is 0.433 e. The van der Waals surface area contributed by atoms with Crippen molar-refractivity contribution >= 4 is 28.2 Å². The molecule has 1 aromatic heterocycles. The number of pyridine rings is 1. The van der Waals surface area contributed by atoms with Crippen molar-refractivity contribution in [1.82, 2.24) is 10.3 Å². The van der Waals surface area contributed by atoms with Crippen LogP contribution in [-0.4, -0.2) is 49.3 Å². The summed E-state index contributed by atoms with van der Waals surface area (Å²) in [4.78, 5) is 18.9. The summed E-state index contributed by atoms with van der Waals surface area (Å²) >= 11 is 0. The molecule has 2 N–H and O–H groups in total. The van der Waals surface area contributed by atoms with Gasteiger partial charge in [0.25, 0.3) is 5.91 Å². The molecule has 1 aliphatic heterocycles. The summed E-state index contributed by atoms with van der Waals surface area (Å²) in [5, 5.41) is 7.08. The number of hydrogen-bond acceptors (Lipinski definition) is 5. The van der Waals surface area contributed by atoms with Gasteiger partial charge >= 0.3 is 6.18 Å². The third kappa shape index (κ3) is 5.56. The molecule has 9 heteroatoms. The van der Waals surface area contributed by atoms with Crippen molar-refractivity contribution in [3.8, 4) is 0 Å². The molecule has 0 unspecified atom stereocenters. The Labute approximate surface area is 207 Å². The number of carbonyl (C=O) groups excluding carboxylic acids is 1. The van der Waals surface area contributed by atoms with Gasteiger partial charge in [0.1, 0.15) is 5.69 Å². The van der Waals surface area contributed by atoms with E-state index in [0.29, 0.717) is 41.8 Å². The predicted octanol–water partition coefficient (Wildman–Crippen LogP) is 5.24. The number of nitrogens with zero attached hydrogens (tertiary/aromatic N) is 2. The highest BCUT2D eigenvalue weighted by molar-refractivity contribution is 5.95. The number of carbonyl (C=O) groups is 1. The molecule has 1 saturated carbocycles. The van der Waals surface area contributed by atoms with Crippen LogP contribution in [-0.2, 0) is 10.9 Å². The Bertz CT molecular complexity index is 1210. The lowest BCUT2D eigenvalue weighted by Gasteiger charge is -2.31. The summed E-state index contributed by atoms with van der Waals surface area (Å²) in [5.74, 6) is -0.136. The smallest absolute Gasteiger partial charge is 0.382 e. The van der Waals surface area contributed by atoms with Gasteiger partial charge in [0.2, 0.25) is 0 Å². The molecule has 2 atom stereocenters. The number of fused-ring (bicyclic) bond motifs is 1. The van der Waals surface area contributed by atoms with Gasteiger partial charge < -0.3 is 20.3 Å². The van der Waals surface area contributed by atoms with Crippen LogP contribution in [0.25, 0.3) is 10.9 Å². The number of rotatable bonds is 5. The van der Waals surface area contributed by atoms with Crippen LogP contribution < -0.4 is 15.5 Å². The summed E-state index contributed by atoms with van der Waals surface area (Å²) in [7, 11) is 0. The zero-order valence-electron chi connectivity index (χ0n) is 19.9. The van der Waals surface area contributed by atoms with Crippen LogP contribution in [0.5, 0.6) is 0 Å². The number of anilines is 2. The summed E-state index contributed by atoms with van der Waals surface area (Å²) in [6.45, 7) is 3.07. The maximum absolute atomic E-state index is 13.4. The Morgan fingerprint density at radius 2 is 1.72 bits per heavy atom. The number of benzene rings is 2. The van der Waals surface area contributed by atoms with Crippen molar-refractivity contribution in [3.63, 3.8) is 0 Å². The predicted molar refractivity (Wildman–Crippen MR) is 133 cm³/mol. The van der Waals surface area contributed by atoms with E-state index >= 15 is 0 Å². The number of ether oxygens (including phenoxy) is 1. The van der Waals surface area contributed by atoms with Crippen LogP contribution in [0, 0.1) is 0 Å². The van der Waals surface area contributed by atoms with Crippen molar-refractivity contribution in [1.29, 1.82) is 0 Å². The fourth-order valence-corrected chi connectivity index (χ4v) is 5.03. The lowest BCUT2D eigenvalue weighted by atomic mass is 9.90. The third-order valence-electron chi connectivity index (χ3n) is 6.88. The molecule has 36 heavy (non-hydrogen) atoms. The van der Waals surface area contributed by atoms with Gasteiger partial charge in [0.05, 0.1) is 18.7 Å². The molecule has 5 rings (SSSR count). The zero-order chi connectivity index (χ0) is 25.1. The highest BCUT2D eigenvalue weighted by Gasteiger charge is 2.34. The molecule has 2 aliphatic rings. The first-order chi connectivity index (χ1) is 17.4. The quantitative estimate of drug-likeness (QED) is 0.504. The SMILES string of the molecule is O=C(N[C@@H]1CCC[C@H](Nc2cc(C(F)(F)F)nc3ccccc23)C1)c1ccc(N2CCOCC2)cc1. The first kappa shape index (κ1) is 24.4. The lowest BCUT2D eigenvalue weighted by Crippen LogP contribution is -2.41. The molecule has 2 aromatic carbocycles. The molecule has 2 fully saturated rings. The van der Waals surface area contributed by atoms with Crippen LogP contribution >= 0.6 is 0 Å². The minimum atomic E-state index is -4.53. The maximum atomic E-state index is 13.4. The second-order valence-electron chi connectivity index (χ2n) is 9.39. The van der Waals surface area contributed by atoms with Gasteiger partial charge in [0, 0.05) is 47.5 Å². The highest BCUT2D eigenvalue weighted by Crippen LogP contribution is 2.34. The van der Waals surface area contributed by atoms with Crippen LogP contribution in [0.3, 0.4) is 0 Å². The van der Waals surface area contributed by atoms with Crippen molar-refractivity contribution in [2.24, 2.45) is 0 Å². The minimum Gasteiger partial charge on any atom is -0.382 e. The molecular weight excluding hydrogens is 469 g/mol. The third-order valence-corrected chi connectivity index (χ3v) is 6.88. The Kier molecular flexibility index (Phi) is 7.00. The lowest BCUT2D eigenvalue weighted by molar-refractivity contribution is -0.140. The van der Waals surface area contributed by atoms with Crippen LogP contribution in [0.4, 0.5) is 24.5 Å². The topological polar surface area (TPSA) is 66.5 Å². The number of alkyl halides is 3. The van der Waals surface area contributed by atoms with Gasteiger partial charge in [-0.2, -0.15) is 13.2 Å². The van der Waals surface area contributed by atoms with E-state index in [1.165, 1.54) is 0 Å². The minimum absolute atomic E-state index is 0.0559.